The van der Waals surface area contributed by atoms with Crippen molar-refractivity contribution in [3.8, 4) is 22.3 Å². The fourth-order valence-corrected chi connectivity index (χ4v) is 4.31. The zero-order valence-corrected chi connectivity index (χ0v) is 19.7. The molecule has 8 heteroatoms. The quantitative estimate of drug-likeness (QED) is 0.263. The van der Waals surface area contributed by atoms with Crippen molar-refractivity contribution in [1.29, 1.82) is 0 Å². The van der Waals surface area contributed by atoms with Crippen LogP contribution in [0.2, 0.25) is 5.02 Å². The van der Waals surface area contributed by atoms with Crippen molar-refractivity contribution >= 4 is 17.2 Å². The molecule has 0 saturated heterocycles. The zero-order valence-electron chi connectivity index (χ0n) is 18.9. The molecule has 0 spiro atoms. The molecule has 0 fully saturated rings. The van der Waals surface area contributed by atoms with Gasteiger partial charge in [-0.25, -0.2) is 4.98 Å². The van der Waals surface area contributed by atoms with Gasteiger partial charge in [-0.3, -0.25) is 4.40 Å². The van der Waals surface area contributed by atoms with E-state index in [2.05, 4.69) is 27.3 Å². The molecular weight excluding hydrogens is 473 g/mol. The molecule has 2 aromatic carbocycles. The van der Waals surface area contributed by atoms with Gasteiger partial charge in [-0.15, -0.1) is 10.2 Å². The monoisotopic (exact) mass is 492 g/mol. The van der Waals surface area contributed by atoms with Gasteiger partial charge < -0.3 is 0 Å². The number of rotatable bonds is 4. The Kier molecular flexibility index (Phi) is 5.81. The summed E-state index contributed by atoms with van der Waals surface area (Å²) in [4.78, 5) is 3.74. The molecule has 0 aliphatic rings. The second kappa shape index (κ2) is 8.82. The van der Waals surface area contributed by atoms with E-state index >= 15 is 0 Å². The van der Waals surface area contributed by atoms with Crippen LogP contribution >= 0.6 is 11.6 Å². The number of benzene rings is 2. The fraction of sp³-hybridized carbons (Fsp3) is 0.148. The third-order valence-corrected chi connectivity index (χ3v) is 6.31. The summed E-state index contributed by atoms with van der Waals surface area (Å²) in [7, 11) is 0. The van der Waals surface area contributed by atoms with Gasteiger partial charge >= 0.3 is 6.18 Å². The minimum absolute atomic E-state index is 0.282. The van der Waals surface area contributed by atoms with Crippen LogP contribution in [0.1, 0.15) is 28.3 Å². The summed E-state index contributed by atoms with van der Waals surface area (Å²) in [6, 6.07) is 20.2. The molecule has 0 bridgehead atoms. The first-order chi connectivity index (χ1) is 16.7. The summed E-state index contributed by atoms with van der Waals surface area (Å²) in [6.07, 6.45) is -2.26. The van der Waals surface area contributed by atoms with Gasteiger partial charge in [0, 0.05) is 34.5 Å². The summed E-state index contributed by atoms with van der Waals surface area (Å²) in [6.45, 7) is 3.60. The van der Waals surface area contributed by atoms with Crippen LogP contribution in [0.3, 0.4) is 0 Å². The highest BCUT2D eigenvalue weighted by molar-refractivity contribution is 6.33. The Bertz CT molecular complexity index is 1540. The largest absolute Gasteiger partial charge is 0.433 e. The van der Waals surface area contributed by atoms with E-state index in [1.165, 1.54) is 6.07 Å². The van der Waals surface area contributed by atoms with E-state index in [4.69, 9.17) is 11.6 Å². The first kappa shape index (κ1) is 23.1. The maximum atomic E-state index is 13.0. The van der Waals surface area contributed by atoms with E-state index in [0.717, 1.165) is 33.9 Å². The predicted octanol–water partition coefficient (Wildman–Crippen LogP) is 7.34. The molecule has 0 aliphatic carbocycles. The summed E-state index contributed by atoms with van der Waals surface area (Å²) in [5, 5.41) is 9.29. The summed E-state index contributed by atoms with van der Waals surface area (Å²) >= 11 is 6.57. The van der Waals surface area contributed by atoms with Crippen LogP contribution in [0.4, 0.5) is 13.2 Å². The highest BCUT2D eigenvalue weighted by Crippen LogP contribution is 2.37. The molecule has 5 rings (SSSR count). The molecule has 0 N–H and O–H groups in total. The van der Waals surface area contributed by atoms with Crippen molar-refractivity contribution < 1.29 is 13.2 Å². The first-order valence-corrected chi connectivity index (χ1v) is 11.3. The van der Waals surface area contributed by atoms with Crippen LogP contribution in [-0.4, -0.2) is 19.6 Å². The molecule has 3 heterocycles. The van der Waals surface area contributed by atoms with Crippen molar-refractivity contribution in [2.75, 3.05) is 0 Å². The third-order valence-electron chi connectivity index (χ3n) is 5.98. The van der Waals surface area contributed by atoms with Gasteiger partial charge in [0.15, 0.2) is 5.65 Å². The maximum absolute atomic E-state index is 13.0. The van der Waals surface area contributed by atoms with Crippen LogP contribution in [0, 0.1) is 13.8 Å². The molecule has 5 aromatic rings. The lowest BCUT2D eigenvalue weighted by Crippen LogP contribution is -2.10. The Labute approximate surface area is 205 Å². The van der Waals surface area contributed by atoms with Crippen molar-refractivity contribution in [2.45, 2.75) is 26.4 Å². The van der Waals surface area contributed by atoms with E-state index in [0.29, 0.717) is 27.8 Å². The molecule has 3 aromatic heterocycles. The highest BCUT2D eigenvalue weighted by atomic mass is 35.5. The van der Waals surface area contributed by atoms with Crippen molar-refractivity contribution in [3.05, 3.63) is 106 Å². The summed E-state index contributed by atoms with van der Waals surface area (Å²) < 4.78 is 40.9. The number of alkyl halides is 3. The fourth-order valence-electron chi connectivity index (χ4n) is 4.07. The van der Waals surface area contributed by atoms with Gasteiger partial charge in [0.05, 0.1) is 0 Å². The summed E-state index contributed by atoms with van der Waals surface area (Å²) in [5.74, 6) is 0.591. The molecular formula is C27H20ClF3N4. The van der Waals surface area contributed by atoms with E-state index in [1.54, 1.807) is 6.92 Å². The van der Waals surface area contributed by atoms with Gasteiger partial charge in [0.25, 0.3) is 0 Å². The lowest BCUT2D eigenvalue weighted by molar-refractivity contribution is -0.141. The predicted molar refractivity (Wildman–Crippen MR) is 130 cm³/mol. The molecule has 4 nitrogen and oxygen atoms in total. The molecule has 0 atom stereocenters. The molecule has 0 radical (unpaired) electrons. The van der Waals surface area contributed by atoms with Crippen molar-refractivity contribution in [3.63, 3.8) is 0 Å². The van der Waals surface area contributed by atoms with Crippen LogP contribution in [-0.2, 0) is 12.6 Å². The van der Waals surface area contributed by atoms with Gasteiger partial charge in [-0.05, 0) is 48.7 Å². The standard InChI is InChI=1S/C27H20ClF3N4/c1-16-7-9-18(10-8-16)21-14-26-34-33-25(13-19-11-12-24(27(29,30)31)32-17(19)2)35(26)15-22(21)20-5-3-4-6-23(20)28/h3-12,14-15H,13H2,1-2H3. The Hall–Kier alpha value is -3.71. The molecule has 176 valence electrons. The van der Waals surface area contributed by atoms with E-state index in [9.17, 15) is 13.2 Å². The smallest absolute Gasteiger partial charge is 0.285 e. The Balaban J connectivity index is 1.64. The van der Waals surface area contributed by atoms with Crippen LogP contribution in [0.25, 0.3) is 27.9 Å². The van der Waals surface area contributed by atoms with Crippen LogP contribution in [0.15, 0.2) is 72.9 Å². The molecule has 0 amide bonds. The lowest BCUT2D eigenvalue weighted by atomic mass is 9.95. The highest BCUT2D eigenvalue weighted by Gasteiger charge is 2.32. The lowest BCUT2D eigenvalue weighted by Gasteiger charge is -2.14. The molecule has 0 aliphatic heterocycles. The van der Waals surface area contributed by atoms with Crippen LogP contribution < -0.4 is 0 Å². The minimum Gasteiger partial charge on any atom is -0.285 e. The molecule has 35 heavy (non-hydrogen) atoms. The minimum atomic E-state index is -4.49. The van der Waals surface area contributed by atoms with E-state index < -0.39 is 11.9 Å². The van der Waals surface area contributed by atoms with Gasteiger partial charge in [0.1, 0.15) is 11.5 Å². The number of hydrogen-bond donors (Lipinski definition) is 0. The second-order valence-electron chi connectivity index (χ2n) is 8.41. The number of halogens is 4. The molecule has 0 unspecified atom stereocenters. The number of aryl methyl sites for hydroxylation is 2. The van der Waals surface area contributed by atoms with Crippen molar-refractivity contribution in [1.82, 2.24) is 19.6 Å². The number of fused-ring (bicyclic) bond motifs is 1. The Morgan fingerprint density at radius 1 is 0.857 bits per heavy atom. The Morgan fingerprint density at radius 3 is 2.29 bits per heavy atom. The zero-order chi connectivity index (χ0) is 24.7. The SMILES string of the molecule is Cc1ccc(-c2cc3nnc(Cc4ccc(C(F)(F)F)nc4C)n3cc2-c2ccccc2Cl)cc1. The van der Waals surface area contributed by atoms with Gasteiger partial charge in [-0.2, -0.15) is 13.2 Å². The average Bonchev–Trinajstić information content (AvgIpc) is 3.21. The number of pyridine rings is 2. The van der Waals surface area contributed by atoms with Crippen molar-refractivity contribution in [2.24, 2.45) is 0 Å². The topological polar surface area (TPSA) is 43.1 Å². The average molecular weight is 493 g/mol. The maximum Gasteiger partial charge on any atom is 0.433 e. The number of aromatic nitrogens is 4. The third kappa shape index (κ3) is 4.51. The number of nitrogens with zero attached hydrogens (tertiary/aromatic N) is 4. The Morgan fingerprint density at radius 2 is 1.60 bits per heavy atom. The first-order valence-electron chi connectivity index (χ1n) is 10.9. The van der Waals surface area contributed by atoms with Gasteiger partial charge in [-0.1, -0.05) is 65.7 Å². The number of hydrogen-bond acceptors (Lipinski definition) is 3. The van der Waals surface area contributed by atoms with Gasteiger partial charge in [0.2, 0.25) is 0 Å². The second-order valence-corrected chi connectivity index (χ2v) is 8.81. The summed E-state index contributed by atoms with van der Waals surface area (Å²) in [5.41, 5.74) is 5.55. The van der Waals surface area contributed by atoms with Crippen LogP contribution in [0.5, 0.6) is 0 Å². The van der Waals surface area contributed by atoms with E-state index in [-0.39, 0.29) is 6.42 Å². The normalized spacial score (nSPS) is 11.8. The molecule has 0 saturated carbocycles. The van der Waals surface area contributed by atoms with E-state index in [1.807, 2.05) is 60.0 Å².